The van der Waals surface area contributed by atoms with Crippen LogP contribution in [0.25, 0.3) is 10.9 Å². The molecule has 0 saturated carbocycles. The van der Waals surface area contributed by atoms with Crippen molar-refractivity contribution in [3.63, 3.8) is 0 Å². The molecule has 0 aliphatic rings. The molecule has 0 aliphatic carbocycles. The van der Waals surface area contributed by atoms with Crippen molar-refractivity contribution < 1.29 is 4.74 Å². The quantitative estimate of drug-likeness (QED) is 0.905. The lowest BCUT2D eigenvalue weighted by Crippen LogP contribution is -2.04. The predicted octanol–water partition coefficient (Wildman–Crippen LogP) is 4.37. The summed E-state index contributed by atoms with van der Waals surface area (Å²) in [5.41, 5.74) is 4.27. The molecule has 2 aromatic rings. The number of hydrogen-bond donors (Lipinski definition) is 1. The number of fused-ring (bicyclic) bond motifs is 1. The Labute approximate surface area is 118 Å². The summed E-state index contributed by atoms with van der Waals surface area (Å²) in [5, 5.41) is 4.92. The summed E-state index contributed by atoms with van der Waals surface area (Å²) in [6.45, 7) is 6.38. The lowest BCUT2D eigenvalue weighted by atomic mass is 9.96. The second kappa shape index (κ2) is 5.25. The van der Waals surface area contributed by atoms with Crippen LogP contribution in [-0.4, -0.2) is 19.1 Å². The number of aryl methyl sites for hydroxylation is 1. The fourth-order valence-electron chi connectivity index (χ4n) is 2.53. The topological polar surface area (TPSA) is 34.2 Å². The maximum Gasteiger partial charge on any atom is 0.139 e. The van der Waals surface area contributed by atoms with Crippen LogP contribution in [0.5, 0.6) is 5.75 Å². The van der Waals surface area contributed by atoms with Crippen molar-refractivity contribution in [3.05, 3.63) is 28.4 Å². The summed E-state index contributed by atoms with van der Waals surface area (Å²) in [5.74, 6) is 1.06. The number of halogens is 1. The van der Waals surface area contributed by atoms with Gasteiger partial charge in [0.25, 0.3) is 0 Å². The molecule has 0 saturated heterocycles. The van der Waals surface area contributed by atoms with E-state index >= 15 is 0 Å². The smallest absolute Gasteiger partial charge is 0.139 e. The maximum absolute atomic E-state index is 6.22. The summed E-state index contributed by atoms with van der Waals surface area (Å²) in [6.07, 6.45) is 0. The number of anilines is 1. The summed E-state index contributed by atoms with van der Waals surface area (Å²) in [7, 11) is 3.54. The van der Waals surface area contributed by atoms with Gasteiger partial charge in [-0.05, 0) is 24.5 Å². The standard InChI is InChI=1S/C15H19ClN2O/c1-8(2)14-9(3)18-12-7-13(19-5)11(16)6-10(12)15(14)17-4/h6-8H,1-5H3,(H,17,18). The second-order valence-electron chi connectivity index (χ2n) is 4.89. The molecule has 0 spiro atoms. The van der Waals surface area contributed by atoms with E-state index in [1.54, 1.807) is 7.11 Å². The first-order chi connectivity index (χ1) is 8.99. The molecule has 0 unspecified atom stereocenters. The average molecular weight is 279 g/mol. The van der Waals surface area contributed by atoms with Crippen LogP contribution in [0.2, 0.25) is 5.02 Å². The van der Waals surface area contributed by atoms with Crippen molar-refractivity contribution in [2.75, 3.05) is 19.5 Å². The molecule has 4 heteroatoms. The molecule has 1 heterocycles. The number of ether oxygens (including phenoxy) is 1. The zero-order valence-electron chi connectivity index (χ0n) is 12.0. The summed E-state index contributed by atoms with van der Waals surface area (Å²) in [4.78, 5) is 4.68. The van der Waals surface area contributed by atoms with E-state index in [4.69, 9.17) is 16.3 Å². The summed E-state index contributed by atoms with van der Waals surface area (Å²) in [6, 6.07) is 3.80. The zero-order chi connectivity index (χ0) is 14.2. The maximum atomic E-state index is 6.22. The van der Waals surface area contributed by atoms with E-state index < -0.39 is 0 Å². The number of nitrogens with one attached hydrogen (secondary N) is 1. The van der Waals surface area contributed by atoms with Gasteiger partial charge in [-0.15, -0.1) is 0 Å². The van der Waals surface area contributed by atoms with Crippen molar-refractivity contribution in [1.29, 1.82) is 0 Å². The molecule has 19 heavy (non-hydrogen) atoms. The zero-order valence-corrected chi connectivity index (χ0v) is 12.7. The summed E-state index contributed by atoms with van der Waals surface area (Å²) >= 11 is 6.22. The van der Waals surface area contributed by atoms with Crippen LogP contribution >= 0.6 is 11.6 Å². The Balaban J connectivity index is 2.86. The third-order valence-electron chi connectivity index (χ3n) is 3.31. The third-order valence-corrected chi connectivity index (χ3v) is 3.61. The molecular weight excluding hydrogens is 260 g/mol. The molecule has 3 nitrogen and oxygen atoms in total. The molecule has 0 bridgehead atoms. The van der Waals surface area contributed by atoms with Crippen LogP contribution in [0.1, 0.15) is 31.0 Å². The Hall–Kier alpha value is -1.48. The molecule has 1 aromatic carbocycles. The Kier molecular flexibility index (Phi) is 3.85. The van der Waals surface area contributed by atoms with E-state index in [0.717, 1.165) is 22.3 Å². The van der Waals surface area contributed by atoms with Crippen LogP contribution in [0.15, 0.2) is 12.1 Å². The van der Waals surface area contributed by atoms with E-state index in [1.165, 1.54) is 5.56 Å². The SMILES string of the molecule is CNc1c(C(C)C)c(C)nc2cc(OC)c(Cl)cc12. The van der Waals surface area contributed by atoms with Gasteiger partial charge in [-0.3, -0.25) is 4.98 Å². The molecule has 0 fully saturated rings. The van der Waals surface area contributed by atoms with Gasteiger partial charge in [0.2, 0.25) is 0 Å². The largest absolute Gasteiger partial charge is 0.495 e. The Morgan fingerprint density at radius 3 is 2.53 bits per heavy atom. The van der Waals surface area contributed by atoms with Crippen LogP contribution in [0.4, 0.5) is 5.69 Å². The Bertz CT molecular complexity index is 623. The van der Waals surface area contributed by atoms with Crippen molar-refractivity contribution in [3.8, 4) is 5.75 Å². The molecule has 1 N–H and O–H groups in total. The number of pyridine rings is 1. The van der Waals surface area contributed by atoms with E-state index in [-0.39, 0.29) is 0 Å². The molecular formula is C15H19ClN2O. The first kappa shape index (κ1) is 13.9. The lowest BCUT2D eigenvalue weighted by molar-refractivity contribution is 0.415. The van der Waals surface area contributed by atoms with Crippen LogP contribution in [-0.2, 0) is 0 Å². The number of benzene rings is 1. The van der Waals surface area contributed by atoms with Gasteiger partial charge < -0.3 is 10.1 Å². The predicted molar refractivity (Wildman–Crippen MR) is 81.7 cm³/mol. The number of hydrogen-bond acceptors (Lipinski definition) is 3. The fraction of sp³-hybridized carbons (Fsp3) is 0.400. The van der Waals surface area contributed by atoms with Gasteiger partial charge in [0.1, 0.15) is 5.75 Å². The minimum absolute atomic E-state index is 0.403. The van der Waals surface area contributed by atoms with Crippen LogP contribution in [0.3, 0.4) is 0 Å². The highest BCUT2D eigenvalue weighted by molar-refractivity contribution is 6.33. The Morgan fingerprint density at radius 1 is 1.32 bits per heavy atom. The molecule has 0 aliphatic heterocycles. The lowest BCUT2D eigenvalue weighted by Gasteiger charge is -2.18. The van der Waals surface area contributed by atoms with E-state index in [2.05, 4.69) is 24.1 Å². The Morgan fingerprint density at radius 2 is 2.00 bits per heavy atom. The first-order valence-electron chi connectivity index (χ1n) is 6.35. The van der Waals surface area contributed by atoms with Crippen LogP contribution < -0.4 is 10.1 Å². The average Bonchev–Trinajstić information content (AvgIpc) is 2.36. The number of rotatable bonds is 3. The molecule has 0 atom stereocenters. The molecule has 0 radical (unpaired) electrons. The van der Waals surface area contributed by atoms with Gasteiger partial charge in [-0.25, -0.2) is 0 Å². The highest BCUT2D eigenvalue weighted by atomic mass is 35.5. The van der Waals surface area contributed by atoms with E-state index in [9.17, 15) is 0 Å². The number of methoxy groups -OCH3 is 1. The van der Waals surface area contributed by atoms with Gasteiger partial charge in [0.05, 0.1) is 17.6 Å². The highest BCUT2D eigenvalue weighted by Crippen LogP contribution is 2.37. The number of nitrogens with zero attached hydrogens (tertiary/aromatic N) is 1. The monoisotopic (exact) mass is 278 g/mol. The van der Waals surface area contributed by atoms with E-state index in [1.807, 2.05) is 26.1 Å². The van der Waals surface area contributed by atoms with Crippen molar-refractivity contribution in [2.24, 2.45) is 0 Å². The highest BCUT2D eigenvalue weighted by Gasteiger charge is 2.16. The van der Waals surface area contributed by atoms with Gasteiger partial charge in [0.15, 0.2) is 0 Å². The van der Waals surface area contributed by atoms with Gasteiger partial charge in [-0.2, -0.15) is 0 Å². The van der Waals surface area contributed by atoms with Crippen molar-refractivity contribution in [1.82, 2.24) is 4.98 Å². The van der Waals surface area contributed by atoms with Gasteiger partial charge in [-0.1, -0.05) is 25.4 Å². The first-order valence-corrected chi connectivity index (χ1v) is 6.72. The van der Waals surface area contributed by atoms with Gasteiger partial charge in [0, 0.05) is 29.9 Å². The second-order valence-corrected chi connectivity index (χ2v) is 5.30. The van der Waals surface area contributed by atoms with Gasteiger partial charge >= 0.3 is 0 Å². The summed E-state index contributed by atoms with van der Waals surface area (Å²) < 4.78 is 5.25. The van der Waals surface area contributed by atoms with E-state index in [0.29, 0.717) is 16.7 Å². The molecule has 0 amide bonds. The third kappa shape index (κ3) is 2.35. The molecule has 2 rings (SSSR count). The fourth-order valence-corrected chi connectivity index (χ4v) is 2.78. The minimum atomic E-state index is 0.403. The number of aromatic nitrogens is 1. The minimum Gasteiger partial charge on any atom is -0.495 e. The normalized spacial score (nSPS) is 11.1. The molecule has 1 aromatic heterocycles. The van der Waals surface area contributed by atoms with Crippen LogP contribution in [0, 0.1) is 6.92 Å². The van der Waals surface area contributed by atoms with Crippen molar-refractivity contribution in [2.45, 2.75) is 26.7 Å². The molecule has 102 valence electrons. The van der Waals surface area contributed by atoms with Crippen molar-refractivity contribution >= 4 is 28.2 Å².